The summed E-state index contributed by atoms with van der Waals surface area (Å²) >= 11 is 0.147. The zero-order valence-corrected chi connectivity index (χ0v) is 19.3. The molecule has 2 aromatic heterocycles. The predicted molar refractivity (Wildman–Crippen MR) is 107 cm³/mol. The second kappa shape index (κ2) is 11.3. The molecule has 0 unspecified atom stereocenters. The quantitative estimate of drug-likeness (QED) is 0.250. The SMILES string of the molecule is CC(=O)OCN(C(=O)N(C)c1ccc(C(F)(F)F)s1)c1nc(OCC(F)(F)F)cc(OCC(F)(F)F)n1. The molecule has 0 saturated carbocycles. The van der Waals surface area contributed by atoms with Crippen molar-refractivity contribution in [2.75, 3.05) is 36.8 Å². The summed E-state index contributed by atoms with van der Waals surface area (Å²) in [5.41, 5.74) is 0. The minimum absolute atomic E-state index is 0.147. The first kappa shape index (κ1) is 29.7. The van der Waals surface area contributed by atoms with Gasteiger partial charge in [0.1, 0.15) is 4.88 Å². The van der Waals surface area contributed by atoms with Crippen molar-refractivity contribution in [2.24, 2.45) is 0 Å². The maximum atomic E-state index is 13.0. The molecule has 0 radical (unpaired) electrons. The molecule has 0 bridgehead atoms. The number of carbonyl (C=O) groups is 2. The molecule has 206 valence electrons. The van der Waals surface area contributed by atoms with Gasteiger partial charge in [-0.05, 0) is 12.1 Å². The van der Waals surface area contributed by atoms with Gasteiger partial charge < -0.3 is 14.2 Å². The summed E-state index contributed by atoms with van der Waals surface area (Å²) in [5.74, 6) is -3.87. The van der Waals surface area contributed by atoms with Crippen molar-refractivity contribution in [2.45, 2.75) is 25.5 Å². The van der Waals surface area contributed by atoms with Crippen molar-refractivity contribution in [3.8, 4) is 11.8 Å². The Hall–Kier alpha value is -3.51. The summed E-state index contributed by atoms with van der Waals surface area (Å²) in [4.78, 5) is 31.3. The molecule has 2 aromatic rings. The van der Waals surface area contributed by atoms with Crippen molar-refractivity contribution in [3.63, 3.8) is 0 Å². The van der Waals surface area contributed by atoms with E-state index in [1.54, 1.807) is 0 Å². The molecule has 0 fully saturated rings. The summed E-state index contributed by atoms with van der Waals surface area (Å²) in [6.07, 6.45) is -14.5. The smallest absolute Gasteiger partial charge is 0.425 e. The van der Waals surface area contributed by atoms with Crippen LogP contribution in [0.25, 0.3) is 0 Å². The number of rotatable bonds is 8. The van der Waals surface area contributed by atoms with Gasteiger partial charge in [-0.1, -0.05) is 0 Å². The van der Waals surface area contributed by atoms with Crippen LogP contribution in [0.3, 0.4) is 0 Å². The lowest BCUT2D eigenvalue weighted by molar-refractivity contribution is -0.154. The Balaban J connectivity index is 2.48. The highest BCUT2D eigenvalue weighted by atomic mass is 32.1. The van der Waals surface area contributed by atoms with Gasteiger partial charge in [0.05, 0.1) is 11.1 Å². The van der Waals surface area contributed by atoms with Gasteiger partial charge in [-0.3, -0.25) is 9.69 Å². The maximum absolute atomic E-state index is 13.0. The summed E-state index contributed by atoms with van der Waals surface area (Å²) in [6, 6.07) is 0.808. The van der Waals surface area contributed by atoms with Crippen LogP contribution in [0.15, 0.2) is 18.2 Å². The summed E-state index contributed by atoms with van der Waals surface area (Å²) in [5, 5.41) is -0.275. The first-order chi connectivity index (χ1) is 16.9. The Morgan fingerprint density at radius 2 is 1.43 bits per heavy atom. The lowest BCUT2D eigenvalue weighted by atomic mass is 10.4. The number of esters is 1. The Bertz CT molecular complexity index is 1070. The lowest BCUT2D eigenvalue weighted by Gasteiger charge is -2.26. The zero-order chi connectivity index (χ0) is 28.2. The van der Waals surface area contributed by atoms with Crippen LogP contribution in [0.1, 0.15) is 11.8 Å². The normalized spacial score (nSPS) is 12.2. The fourth-order valence-corrected chi connectivity index (χ4v) is 3.09. The number of alkyl halides is 9. The predicted octanol–water partition coefficient (Wildman–Crippen LogP) is 5.02. The molecule has 0 spiro atoms. The first-order valence-corrected chi connectivity index (χ1v) is 10.3. The van der Waals surface area contributed by atoms with Gasteiger partial charge in [0.2, 0.25) is 17.7 Å². The second-order valence-electron chi connectivity index (χ2n) is 6.82. The van der Waals surface area contributed by atoms with Crippen LogP contribution >= 0.6 is 11.3 Å². The van der Waals surface area contributed by atoms with Gasteiger partial charge >= 0.3 is 30.5 Å². The number of urea groups is 1. The molecule has 37 heavy (non-hydrogen) atoms. The van der Waals surface area contributed by atoms with Gasteiger partial charge in [0, 0.05) is 14.0 Å². The molecule has 2 amide bonds. The average Bonchev–Trinajstić information content (AvgIpc) is 3.25. The third kappa shape index (κ3) is 9.47. The van der Waals surface area contributed by atoms with E-state index >= 15 is 0 Å². The van der Waals surface area contributed by atoms with Crippen LogP contribution in [0.5, 0.6) is 11.8 Å². The maximum Gasteiger partial charge on any atom is 0.425 e. The molecule has 2 heterocycles. The first-order valence-electron chi connectivity index (χ1n) is 9.49. The molecule has 0 aliphatic heterocycles. The van der Waals surface area contributed by atoms with E-state index in [0.29, 0.717) is 21.9 Å². The number of hydrogen-bond acceptors (Lipinski definition) is 8. The second-order valence-corrected chi connectivity index (χ2v) is 7.88. The number of anilines is 2. The fourth-order valence-electron chi connectivity index (χ4n) is 2.26. The van der Waals surface area contributed by atoms with Gasteiger partial charge in [0.25, 0.3) is 0 Å². The Morgan fingerprint density at radius 3 is 1.84 bits per heavy atom. The number of halogens is 9. The molecule has 0 saturated heterocycles. The topological polar surface area (TPSA) is 94.1 Å². The van der Waals surface area contributed by atoms with Crippen LogP contribution in [-0.2, 0) is 15.7 Å². The van der Waals surface area contributed by atoms with Crippen LogP contribution in [0.4, 0.5) is 55.3 Å². The Kier molecular flexibility index (Phi) is 9.04. The monoisotopic (exact) mass is 570 g/mol. The minimum Gasteiger partial charge on any atom is -0.468 e. The van der Waals surface area contributed by atoms with Crippen molar-refractivity contribution in [3.05, 3.63) is 23.1 Å². The molecule has 0 aliphatic rings. The highest BCUT2D eigenvalue weighted by Crippen LogP contribution is 2.38. The van der Waals surface area contributed by atoms with Crippen LogP contribution in [0.2, 0.25) is 0 Å². The van der Waals surface area contributed by atoms with Crippen molar-refractivity contribution in [1.82, 2.24) is 9.97 Å². The van der Waals surface area contributed by atoms with Gasteiger partial charge in [0.15, 0.2) is 19.9 Å². The number of thiophene rings is 1. The third-order valence-corrected chi connectivity index (χ3v) is 5.00. The van der Waals surface area contributed by atoms with Crippen molar-refractivity contribution >= 4 is 34.3 Å². The molecule has 0 atom stereocenters. The molecular formula is C18H15F9N4O5S. The van der Waals surface area contributed by atoms with Crippen LogP contribution < -0.4 is 19.3 Å². The molecule has 9 nitrogen and oxygen atoms in total. The number of aromatic nitrogens is 2. The van der Waals surface area contributed by atoms with Gasteiger partial charge in [-0.25, -0.2) is 9.69 Å². The number of carbonyl (C=O) groups excluding carboxylic acids is 2. The number of nitrogens with zero attached hydrogens (tertiary/aromatic N) is 4. The standard InChI is InChI=1S/C18H15F9N4O5S/c1-9(32)36-8-31(15(33)30(2)13-4-3-10(37-13)18(25,26)27)14-28-11(34-6-16(19,20)21)5-12(29-14)35-7-17(22,23)24/h3-5H,6-8H2,1-2H3. The number of hydrogen-bond donors (Lipinski definition) is 0. The molecule has 0 N–H and O–H groups in total. The van der Waals surface area contributed by atoms with E-state index in [-0.39, 0.29) is 16.3 Å². The van der Waals surface area contributed by atoms with Crippen LogP contribution in [-0.4, -0.2) is 61.3 Å². The van der Waals surface area contributed by atoms with E-state index in [9.17, 15) is 49.1 Å². The fraction of sp³-hybridized carbons (Fsp3) is 0.444. The zero-order valence-electron chi connectivity index (χ0n) is 18.5. The molecular weight excluding hydrogens is 555 g/mol. The van der Waals surface area contributed by atoms with E-state index in [0.717, 1.165) is 20.0 Å². The minimum atomic E-state index is -4.89. The largest absolute Gasteiger partial charge is 0.468 e. The molecule has 0 aliphatic carbocycles. The third-order valence-electron chi connectivity index (χ3n) is 3.79. The van der Waals surface area contributed by atoms with Crippen molar-refractivity contribution in [1.29, 1.82) is 0 Å². The summed E-state index contributed by atoms with van der Waals surface area (Å²) < 4.78 is 128. The van der Waals surface area contributed by atoms with E-state index < -0.39 is 73.1 Å². The number of amides is 2. The molecule has 2 rings (SSSR count). The van der Waals surface area contributed by atoms with Crippen molar-refractivity contribution < 1.29 is 63.3 Å². The highest BCUT2D eigenvalue weighted by Gasteiger charge is 2.35. The van der Waals surface area contributed by atoms with E-state index in [4.69, 9.17) is 0 Å². The van der Waals surface area contributed by atoms with E-state index in [2.05, 4.69) is 24.2 Å². The average molecular weight is 570 g/mol. The number of ether oxygens (including phenoxy) is 3. The summed E-state index contributed by atoms with van der Waals surface area (Å²) in [6.45, 7) is -4.00. The van der Waals surface area contributed by atoms with E-state index in [1.807, 2.05) is 0 Å². The van der Waals surface area contributed by atoms with Gasteiger partial charge in [-0.2, -0.15) is 49.5 Å². The Labute approximate surface area is 205 Å². The lowest BCUT2D eigenvalue weighted by Crippen LogP contribution is -2.43. The van der Waals surface area contributed by atoms with Crippen LogP contribution in [0, 0.1) is 0 Å². The highest BCUT2D eigenvalue weighted by molar-refractivity contribution is 7.16. The van der Waals surface area contributed by atoms with Gasteiger partial charge in [-0.15, -0.1) is 11.3 Å². The van der Waals surface area contributed by atoms with E-state index in [1.165, 1.54) is 0 Å². The molecule has 0 aromatic carbocycles. The summed E-state index contributed by atoms with van der Waals surface area (Å²) in [7, 11) is 1.00. The Morgan fingerprint density at radius 1 is 0.919 bits per heavy atom. The molecule has 19 heteroatoms.